The van der Waals surface area contributed by atoms with Gasteiger partial charge < -0.3 is 15.7 Å². The molecule has 2 atom stereocenters. The van der Waals surface area contributed by atoms with Crippen molar-refractivity contribution in [2.24, 2.45) is 11.7 Å². The van der Waals surface area contributed by atoms with E-state index in [0.717, 1.165) is 0 Å². The van der Waals surface area contributed by atoms with Gasteiger partial charge in [0.1, 0.15) is 17.3 Å². The lowest BCUT2D eigenvalue weighted by Gasteiger charge is -2.36. The second-order valence-electron chi connectivity index (χ2n) is 4.89. The second-order valence-corrected chi connectivity index (χ2v) is 4.89. The van der Waals surface area contributed by atoms with E-state index in [9.17, 15) is 13.9 Å². The molecule has 1 saturated heterocycles. The fourth-order valence-corrected chi connectivity index (χ4v) is 2.37. The average Bonchev–Trinajstić information content (AvgIpc) is 2.32. The van der Waals surface area contributed by atoms with Crippen LogP contribution < -0.4 is 10.6 Å². The summed E-state index contributed by atoms with van der Waals surface area (Å²) in [6, 6.07) is 2.54. The zero-order valence-electron chi connectivity index (χ0n) is 10.4. The molecule has 5 heteroatoms. The van der Waals surface area contributed by atoms with Crippen molar-refractivity contribution in [2.45, 2.75) is 26.0 Å². The molecule has 100 valence electrons. The van der Waals surface area contributed by atoms with E-state index in [2.05, 4.69) is 0 Å². The molecule has 1 heterocycles. The SMILES string of the molecule is CC1CN(c2c(F)cc(CN)cc2F)CCC1O. The molecule has 1 aromatic rings. The van der Waals surface area contributed by atoms with Crippen molar-refractivity contribution in [1.29, 1.82) is 0 Å². The molecule has 0 spiro atoms. The number of halogens is 2. The van der Waals surface area contributed by atoms with Crippen LogP contribution in [0.5, 0.6) is 0 Å². The summed E-state index contributed by atoms with van der Waals surface area (Å²) in [5.74, 6) is -1.16. The lowest BCUT2D eigenvalue weighted by molar-refractivity contribution is 0.0966. The molecule has 2 rings (SSSR count). The Morgan fingerprint density at radius 1 is 1.39 bits per heavy atom. The Morgan fingerprint density at radius 3 is 2.50 bits per heavy atom. The van der Waals surface area contributed by atoms with Crippen LogP contribution in [0.2, 0.25) is 0 Å². The predicted octanol–water partition coefficient (Wildman–Crippen LogP) is 1.63. The first-order valence-electron chi connectivity index (χ1n) is 6.14. The van der Waals surface area contributed by atoms with Crippen molar-refractivity contribution in [3.8, 4) is 0 Å². The standard InChI is InChI=1S/C13H18F2N2O/c1-8-7-17(3-2-12(8)18)13-10(14)4-9(6-16)5-11(13)15/h4-5,8,12,18H,2-3,6-7,16H2,1H3. The highest BCUT2D eigenvalue weighted by molar-refractivity contribution is 5.51. The topological polar surface area (TPSA) is 49.5 Å². The number of piperidine rings is 1. The average molecular weight is 256 g/mol. The molecule has 3 N–H and O–H groups in total. The molecular formula is C13H18F2N2O. The summed E-state index contributed by atoms with van der Waals surface area (Å²) < 4.78 is 27.8. The van der Waals surface area contributed by atoms with E-state index in [1.165, 1.54) is 12.1 Å². The smallest absolute Gasteiger partial charge is 0.149 e. The first kappa shape index (κ1) is 13.2. The van der Waals surface area contributed by atoms with Crippen LogP contribution in [0.3, 0.4) is 0 Å². The van der Waals surface area contributed by atoms with E-state index < -0.39 is 17.7 Å². The number of aliphatic hydroxyl groups is 1. The molecule has 0 aromatic heterocycles. The van der Waals surface area contributed by atoms with Gasteiger partial charge in [-0.25, -0.2) is 8.78 Å². The van der Waals surface area contributed by atoms with Gasteiger partial charge in [-0.2, -0.15) is 0 Å². The summed E-state index contributed by atoms with van der Waals surface area (Å²) in [5, 5.41) is 9.63. The van der Waals surface area contributed by atoms with Crippen molar-refractivity contribution < 1.29 is 13.9 Å². The number of hydrogen-bond donors (Lipinski definition) is 2. The number of hydrogen-bond acceptors (Lipinski definition) is 3. The Labute approximate surface area is 105 Å². The monoisotopic (exact) mass is 256 g/mol. The van der Waals surface area contributed by atoms with Gasteiger partial charge in [-0.3, -0.25) is 0 Å². The highest BCUT2D eigenvalue weighted by Gasteiger charge is 2.27. The number of nitrogens with zero attached hydrogens (tertiary/aromatic N) is 1. The molecule has 0 bridgehead atoms. The maximum atomic E-state index is 13.9. The Morgan fingerprint density at radius 2 is 2.00 bits per heavy atom. The molecule has 18 heavy (non-hydrogen) atoms. The predicted molar refractivity (Wildman–Crippen MR) is 66.3 cm³/mol. The number of rotatable bonds is 2. The maximum absolute atomic E-state index is 13.9. The van der Waals surface area contributed by atoms with Gasteiger partial charge in [-0.1, -0.05) is 6.92 Å². The minimum absolute atomic E-state index is 0.00624. The Bertz CT molecular complexity index is 416. The maximum Gasteiger partial charge on any atom is 0.149 e. The summed E-state index contributed by atoms with van der Waals surface area (Å²) in [5.41, 5.74) is 5.81. The quantitative estimate of drug-likeness (QED) is 0.845. The molecular weight excluding hydrogens is 238 g/mol. The van der Waals surface area contributed by atoms with E-state index in [1.807, 2.05) is 6.92 Å². The van der Waals surface area contributed by atoms with E-state index in [4.69, 9.17) is 5.73 Å². The van der Waals surface area contributed by atoms with Crippen molar-refractivity contribution in [1.82, 2.24) is 0 Å². The van der Waals surface area contributed by atoms with Gasteiger partial charge in [0.05, 0.1) is 6.10 Å². The highest BCUT2D eigenvalue weighted by atomic mass is 19.1. The van der Waals surface area contributed by atoms with Gasteiger partial charge in [0.2, 0.25) is 0 Å². The summed E-state index contributed by atoms with van der Waals surface area (Å²) in [4.78, 5) is 1.66. The van der Waals surface area contributed by atoms with Gasteiger partial charge in [-0.15, -0.1) is 0 Å². The van der Waals surface area contributed by atoms with Crippen LogP contribution in [0.15, 0.2) is 12.1 Å². The number of nitrogens with two attached hydrogens (primary N) is 1. The molecule has 3 nitrogen and oxygen atoms in total. The molecule has 0 amide bonds. The summed E-state index contributed by atoms with van der Waals surface area (Å²) in [7, 11) is 0. The van der Waals surface area contributed by atoms with Crippen LogP contribution in [0, 0.1) is 17.6 Å². The highest BCUT2D eigenvalue weighted by Crippen LogP contribution is 2.29. The lowest BCUT2D eigenvalue weighted by atomic mass is 9.96. The Hall–Kier alpha value is -1.20. The molecule has 0 saturated carbocycles. The molecule has 0 radical (unpaired) electrons. The van der Waals surface area contributed by atoms with E-state index in [-0.39, 0.29) is 18.2 Å². The number of anilines is 1. The van der Waals surface area contributed by atoms with Gasteiger partial charge in [0.15, 0.2) is 0 Å². The third-order valence-electron chi connectivity index (χ3n) is 3.49. The first-order valence-corrected chi connectivity index (χ1v) is 6.14. The Kier molecular flexibility index (Phi) is 3.82. The molecule has 1 aliphatic heterocycles. The zero-order chi connectivity index (χ0) is 13.3. The summed E-state index contributed by atoms with van der Waals surface area (Å²) >= 11 is 0. The van der Waals surface area contributed by atoms with E-state index >= 15 is 0 Å². The zero-order valence-corrected chi connectivity index (χ0v) is 10.4. The molecule has 2 unspecified atom stereocenters. The second kappa shape index (κ2) is 5.20. The van der Waals surface area contributed by atoms with Gasteiger partial charge in [-0.05, 0) is 30.0 Å². The lowest BCUT2D eigenvalue weighted by Crippen LogP contribution is -2.42. The van der Waals surface area contributed by atoms with Crippen molar-refractivity contribution >= 4 is 5.69 Å². The Balaban J connectivity index is 2.28. The van der Waals surface area contributed by atoms with Crippen LogP contribution in [0.25, 0.3) is 0 Å². The fourth-order valence-electron chi connectivity index (χ4n) is 2.37. The first-order chi connectivity index (χ1) is 8.52. The van der Waals surface area contributed by atoms with E-state index in [0.29, 0.717) is 25.1 Å². The molecule has 1 aromatic carbocycles. The normalized spacial score (nSPS) is 24.4. The van der Waals surface area contributed by atoms with Crippen molar-refractivity contribution in [3.05, 3.63) is 29.3 Å². The van der Waals surface area contributed by atoms with Gasteiger partial charge >= 0.3 is 0 Å². The minimum atomic E-state index is -0.584. The fraction of sp³-hybridized carbons (Fsp3) is 0.538. The van der Waals surface area contributed by atoms with Crippen LogP contribution in [-0.4, -0.2) is 24.3 Å². The van der Waals surface area contributed by atoms with Gasteiger partial charge in [0, 0.05) is 19.6 Å². The van der Waals surface area contributed by atoms with E-state index in [1.54, 1.807) is 4.90 Å². The largest absolute Gasteiger partial charge is 0.393 e. The third kappa shape index (κ3) is 2.47. The molecule has 1 aliphatic rings. The summed E-state index contributed by atoms with van der Waals surface area (Å²) in [6.45, 7) is 2.91. The van der Waals surface area contributed by atoms with Crippen LogP contribution >= 0.6 is 0 Å². The van der Waals surface area contributed by atoms with Crippen LogP contribution in [0.4, 0.5) is 14.5 Å². The number of aliphatic hydroxyl groups excluding tert-OH is 1. The minimum Gasteiger partial charge on any atom is -0.393 e. The number of benzene rings is 1. The summed E-state index contributed by atoms with van der Waals surface area (Å²) in [6.07, 6.45) is 0.134. The molecule has 1 fully saturated rings. The van der Waals surface area contributed by atoms with Crippen LogP contribution in [0.1, 0.15) is 18.9 Å². The van der Waals surface area contributed by atoms with Crippen molar-refractivity contribution in [2.75, 3.05) is 18.0 Å². The van der Waals surface area contributed by atoms with Crippen molar-refractivity contribution in [3.63, 3.8) is 0 Å². The third-order valence-corrected chi connectivity index (χ3v) is 3.49. The van der Waals surface area contributed by atoms with Crippen LogP contribution in [-0.2, 0) is 6.54 Å². The molecule has 0 aliphatic carbocycles. The van der Waals surface area contributed by atoms with Gasteiger partial charge in [0.25, 0.3) is 0 Å².